The first kappa shape index (κ1) is 13.4. The largest absolute Gasteiger partial charge is 0.321 e. The van der Waals surface area contributed by atoms with Crippen molar-refractivity contribution in [3.05, 3.63) is 69.7 Å². The average Bonchev–Trinajstić information content (AvgIpc) is 2.34. The highest BCUT2D eigenvalue weighted by Crippen LogP contribution is 2.28. The van der Waals surface area contributed by atoms with Crippen molar-refractivity contribution in [2.75, 3.05) is 0 Å². The molecule has 3 heteroatoms. The lowest BCUT2D eigenvalue weighted by Gasteiger charge is -2.26. The maximum Gasteiger partial charge on any atom is 0.0453 e. The van der Waals surface area contributed by atoms with E-state index >= 15 is 0 Å². The summed E-state index contributed by atoms with van der Waals surface area (Å²) in [7, 11) is 0. The van der Waals surface area contributed by atoms with Crippen LogP contribution in [0.3, 0.4) is 0 Å². The fourth-order valence-electron chi connectivity index (χ4n) is 1.98. The topological polar surface area (TPSA) is 26.0 Å². The third-order valence-electron chi connectivity index (χ3n) is 3.01. The minimum absolute atomic E-state index is 0.446. The Balaban J connectivity index is 2.28. The van der Waals surface area contributed by atoms with Gasteiger partial charge in [-0.15, -0.1) is 0 Å². The lowest BCUT2D eigenvalue weighted by molar-refractivity contribution is 0.491. The van der Waals surface area contributed by atoms with E-state index in [1.807, 2.05) is 49.4 Å². The summed E-state index contributed by atoms with van der Waals surface area (Å²) in [5.41, 5.74) is 8.04. The second-order valence-electron chi connectivity index (χ2n) is 4.70. The van der Waals surface area contributed by atoms with Crippen LogP contribution in [0.15, 0.2) is 48.5 Å². The summed E-state index contributed by atoms with van der Waals surface area (Å²) in [6, 6.07) is 15.5. The van der Waals surface area contributed by atoms with E-state index in [-0.39, 0.29) is 0 Å². The third kappa shape index (κ3) is 3.05. The molecule has 1 unspecified atom stereocenters. The molecule has 2 N–H and O–H groups in total. The molecule has 0 spiro atoms. The normalized spacial score (nSPS) is 14.2. The van der Waals surface area contributed by atoms with Gasteiger partial charge in [0.05, 0.1) is 0 Å². The van der Waals surface area contributed by atoms with Crippen LogP contribution in [0.1, 0.15) is 18.1 Å². The van der Waals surface area contributed by atoms with E-state index in [1.165, 1.54) is 0 Å². The Morgan fingerprint density at radius 1 is 1.06 bits per heavy atom. The Morgan fingerprint density at radius 3 is 2.33 bits per heavy atom. The van der Waals surface area contributed by atoms with Gasteiger partial charge in [0, 0.05) is 15.6 Å². The van der Waals surface area contributed by atoms with E-state index < -0.39 is 5.54 Å². The number of rotatable bonds is 3. The molecular weight excluding hydrogens is 265 g/mol. The molecule has 0 fully saturated rings. The van der Waals surface area contributed by atoms with Crippen LogP contribution in [0.4, 0.5) is 0 Å². The lowest BCUT2D eigenvalue weighted by Crippen LogP contribution is -2.35. The molecule has 94 valence electrons. The van der Waals surface area contributed by atoms with Gasteiger partial charge in [0.25, 0.3) is 0 Å². The first-order valence-electron chi connectivity index (χ1n) is 5.77. The van der Waals surface area contributed by atoms with Gasteiger partial charge >= 0.3 is 0 Å². The number of halogens is 2. The number of hydrogen-bond donors (Lipinski definition) is 1. The molecule has 18 heavy (non-hydrogen) atoms. The van der Waals surface area contributed by atoms with E-state index in [4.69, 9.17) is 28.9 Å². The second kappa shape index (κ2) is 5.31. The van der Waals surface area contributed by atoms with Crippen LogP contribution in [0.2, 0.25) is 10.0 Å². The average molecular weight is 280 g/mol. The molecule has 2 aromatic carbocycles. The monoisotopic (exact) mass is 279 g/mol. The zero-order valence-corrected chi connectivity index (χ0v) is 11.7. The summed E-state index contributed by atoms with van der Waals surface area (Å²) >= 11 is 12.1. The molecule has 0 bridgehead atoms. The Hall–Kier alpha value is -1.02. The first-order valence-corrected chi connectivity index (χ1v) is 6.53. The van der Waals surface area contributed by atoms with Crippen molar-refractivity contribution in [2.45, 2.75) is 18.9 Å². The van der Waals surface area contributed by atoms with Gasteiger partial charge < -0.3 is 5.73 Å². The fourth-order valence-corrected chi connectivity index (χ4v) is 2.46. The maximum absolute atomic E-state index is 6.39. The van der Waals surface area contributed by atoms with Crippen LogP contribution in [0.5, 0.6) is 0 Å². The summed E-state index contributed by atoms with van der Waals surface area (Å²) in [5, 5.41) is 1.30. The first-order chi connectivity index (χ1) is 8.49. The van der Waals surface area contributed by atoms with Crippen molar-refractivity contribution < 1.29 is 0 Å². The summed E-state index contributed by atoms with van der Waals surface area (Å²) in [6.45, 7) is 2.01. The molecule has 1 nitrogen and oxygen atoms in total. The SMILES string of the molecule is CC(N)(Cc1ccc(Cl)cc1Cl)c1ccccc1. The predicted octanol–water partition coefficient (Wildman–Crippen LogP) is 4.41. The summed E-state index contributed by atoms with van der Waals surface area (Å²) < 4.78 is 0. The van der Waals surface area contributed by atoms with Crippen molar-refractivity contribution >= 4 is 23.2 Å². The van der Waals surface area contributed by atoms with Gasteiger partial charge in [-0.25, -0.2) is 0 Å². The molecule has 2 aromatic rings. The van der Waals surface area contributed by atoms with Crippen molar-refractivity contribution in [3.8, 4) is 0 Å². The van der Waals surface area contributed by atoms with Gasteiger partial charge in [0.2, 0.25) is 0 Å². The molecular formula is C15H15Cl2N. The highest BCUT2D eigenvalue weighted by atomic mass is 35.5. The highest BCUT2D eigenvalue weighted by molar-refractivity contribution is 6.35. The molecule has 1 atom stereocenters. The van der Waals surface area contributed by atoms with Crippen LogP contribution in [-0.2, 0) is 12.0 Å². The molecule has 2 rings (SSSR count). The van der Waals surface area contributed by atoms with Crippen LogP contribution in [0.25, 0.3) is 0 Å². The standard InChI is InChI=1S/C15H15Cl2N/c1-15(18,12-5-3-2-4-6-12)10-11-7-8-13(16)9-14(11)17/h2-9H,10,18H2,1H3. The summed E-state index contributed by atoms with van der Waals surface area (Å²) in [6.07, 6.45) is 0.674. The third-order valence-corrected chi connectivity index (χ3v) is 3.59. The van der Waals surface area contributed by atoms with Gasteiger partial charge in [-0.05, 0) is 36.6 Å². The Bertz CT molecular complexity index is 535. The molecule has 0 saturated carbocycles. The van der Waals surface area contributed by atoms with Crippen molar-refractivity contribution in [1.29, 1.82) is 0 Å². The van der Waals surface area contributed by atoms with Crippen molar-refractivity contribution in [1.82, 2.24) is 0 Å². The Labute approximate surface area is 118 Å². The van der Waals surface area contributed by atoms with E-state index in [0.717, 1.165) is 11.1 Å². The molecule has 0 aliphatic heterocycles. The van der Waals surface area contributed by atoms with Crippen LogP contribution >= 0.6 is 23.2 Å². The number of hydrogen-bond acceptors (Lipinski definition) is 1. The quantitative estimate of drug-likeness (QED) is 0.885. The minimum Gasteiger partial charge on any atom is -0.321 e. The number of benzene rings is 2. The Kier molecular flexibility index (Phi) is 3.96. The van der Waals surface area contributed by atoms with Gasteiger partial charge in [-0.1, -0.05) is 59.6 Å². The second-order valence-corrected chi connectivity index (χ2v) is 5.54. The van der Waals surface area contributed by atoms with Gasteiger partial charge in [0.15, 0.2) is 0 Å². The lowest BCUT2D eigenvalue weighted by atomic mass is 9.87. The maximum atomic E-state index is 6.39. The Morgan fingerprint density at radius 2 is 1.72 bits per heavy atom. The van der Waals surface area contributed by atoms with Crippen LogP contribution in [0, 0.1) is 0 Å². The zero-order chi connectivity index (χ0) is 13.2. The van der Waals surface area contributed by atoms with Gasteiger partial charge in [-0.3, -0.25) is 0 Å². The molecule has 0 aliphatic carbocycles. The highest BCUT2D eigenvalue weighted by Gasteiger charge is 2.22. The van der Waals surface area contributed by atoms with E-state index in [0.29, 0.717) is 16.5 Å². The fraction of sp³-hybridized carbons (Fsp3) is 0.200. The molecule has 0 radical (unpaired) electrons. The van der Waals surface area contributed by atoms with E-state index in [9.17, 15) is 0 Å². The van der Waals surface area contributed by atoms with E-state index in [2.05, 4.69) is 0 Å². The number of nitrogens with two attached hydrogens (primary N) is 1. The van der Waals surface area contributed by atoms with Crippen molar-refractivity contribution in [2.24, 2.45) is 5.73 Å². The molecule has 0 heterocycles. The molecule has 0 saturated heterocycles. The predicted molar refractivity (Wildman–Crippen MR) is 78.1 cm³/mol. The molecule has 0 aliphatic rings. The molecule has 0 aromatic heterocycles. The summed E-state index contributed by atoms with van der Waals surface area (Å²) in [4.78, 5) is 0. The van der Waals surface area contributed by atoms with Gasteiger partial charge in [0.1, 0.15) is 0 Å². The zero-order valence-electron chi connectivity index (χ0n) is 10.2. The van der Waals surface area contributed by atoms with Crippen LogP contribution < -0.4 is 5.73 Å². The minimum atomic E-state index is -0.446. The van der Waals surface area contributed by atoms with Gasteiger partial charge in [-0.2, -0.15) is 0 Å². The van der Waals surface area contributed by atoms with Crippen molar-refractivity contribution in [3.63, 3.8) is 0 Å². The van der Waals surface area contributed by atoms with Crippen LogP contribution in [-0.4, -0.2) is 0 Å². The smallest absolute Gasteiger partial charge is 0.0453 e. The molecule has 0 amide bonds. The summed E-state index contributed by atoms with van der Waals surface area (Å²) in [5.74, 6) is 0. The van der Waals surface area contributed by atoms with E-state index in [1.54, 1.807) is 6.07 Å².